The highest BCUT2D eigenvalue weighted by molar-refractivity contribution is 6.32. The van der Waals surface area contributed by atoms with E-state index in [2.05, 4.69) is 40.0 Å². The Balaban J connectivity index is 1.30. The number of H-pyrrole nitrogens is 1. The second kappa shape index (κ2) is 9.44. The van der Waals surface area contributed by atoms with Gasteiger partial charge < -0.3 is 20.2 Å². The maximum absolute atomic E-state index is 11.4. The molecular formula is C24H30ClN5O3. The minimum absolute atomic E-state index is 0.0121. The molecule has 2 aromatic heterocycles. The molecule has 8 nitrogen and oxygen atoms in total. The average Bonchev–Trinajstić information content (AvgIpc) is 3.20. The Morgan fingerprint density at radius 2 is 2.00 bits per heavy atom. The standard InChI is InChI=1S/C24H30ClN5O3/c1-14-12-16(4-7-20(14)30-8-10-32-11-9-30)21-18(25)13-19-23(28-21)29-24(27-19)33-17-5-2-15(3-6-17)22(26)31/h4,7,12-15,17,20H,2-3,5-6,8-11H2,1H3,(H2,26,31)(H,27,28,29). The summed E-state index contributed by atoms with van der Waals surface area (Å²) in [6.45, 7) is 5.70. The number of nitrogens with one attached hydrogen (secondary N) is 1. The van der Waals surface area contributed by atoms with Gasteiger partial charge in [-0.05, 0) is 43.2 Å². The zero-order valence-corrected chi connectivity index (χ0v) is 19.6. The quantitative estimate of drug-likeness (QED) is 0.692. The van der Waals surface area contributed by atoms with Gasteiger partial charge in [-0.15, -0.1) is 0 Å². The number of rotatable bonds is 5. The van der Waals surface area contributed by atoms with Crippen LogP contribution in [0.25, 0.3) is 16.7 Å². The number of hydrogen-bond acceptors (Lipinski definition) is 6. The van der Waals surface area contributed by atoms with Crippen molar-refractivity contribution in [3.63, 3.8) is 0 Å². The number of nitrogens with zero attached hydrogens (tertiary/aromatic N) is 3. The second-order valence-electron chi connectivity index (χ2n) is 9.20. The lowest BCUT2D eigenvalue weighted by Gasteiger charge is -2.37. The number of pyridine rings is 1. The molecule has 33 heavy (non-hydrogen) atoms. The van der Waals surface area contributed by atoms with Gasteiger partial charge in [0, 0.05) is 25.0 Å². The summed E-state index contributed by atoms with van der Waals surface area (Å²) >= 11 is 6.62. The summed E-state index contributed by atoms with van der Waals surface area (Å²) in [5.74, 6) is 0.0658. The molecule has 3 aliphatic rings. The highest BCUT2D eigenvalue weighted by Gasteiger charge is 2.28. The Kier molecular flexibility index (Phi) is 6.40. The Morgan fingerprint density at radius 1 is 1.24 bits per heavy atom. The summed E-state index contributed by atoms with van der Waals surface area (Å²) in [6, 6.07) is 2.65. The normalized spacial score (nSPS) is 28.6. The lowest BCUT2D eigenvalue weighted by molar-refractivity contribution is -0.123. The molecule has 1 saturated carbocycles. The average molecular weight is 472 g/mol. The SMILES string of the molecule is CC1C=C(c2nc3nc(OC4CCC(C(N)=O)CC4)[nH]c3cc2Cl)C=CC1N1CCOCC1. The highest BCUT2D eigenvalue weighted by Crippen LogP contribution is 2.33. The predicted octanol–water partition coefficient (Wildman–Crippen LogP) is 3.32. The number of aromatic nitrogens is 3. The number of primary amides is 1. The van der Waals surface area contributed by atoms with Crippen molar-refractivity contribution in [2.75, 3.05) is 26.3 Å². The lowest BCUT2D eigenvalue weighted by atomic mass is 9.87. The Hall–Kier alpha value is -2.42. The van der Waals surface area contributed by atoms with Gasteiger partial charge in [-0.1, -0.05) is 36.8 Å². The topological polar surface area (TPSA) is 106 Å². The molecular weight excluding hydrogens is 442 g/mol. The number of nitrogens with two attached hydrogens (primary N) is 1. The van der Waals surface area contributed by atoms with E-state index in [0.29, 0.717) is 28.6 Å². The first-order chi connectivity index (χ1) is 16.0. The van der Waals surface area contributed by atoms with E-state index in [1.54, 1.807) is 0 Å². The number of aromatic amines is 1. The number of carbonyl (C=O) groups is 1. The van der Waals surface area contributed by atoms with E-state index in [4.69, 9.17) is 31.8 Å². The van der Waals surface area contributed by atoms with Gasteiger partial charge in [0.05, 0.1) is 29.4 Å². The van der Waals surface area contributed by atoms with Crippen LogP contribution in [0.1, 0.15) is 38.3 Å². The third-order valence-electron chi connectivity index (χ3n) is 6.95. The molecule has 1 aliphatic heterocycles. The molecule has 0 bridgehead atoms. The fourth-order valence-electron chi connectivity index (χ4n) is 5.08. The van der Waals surface area contributed by atoms with Crippen LogP contribution in [0, 0.1) is 11.8 Å². The van der Waals surface area contributed by atoms with Gasteiger partial charge in [0.15, 0.2) is 5.65 Å². The van der Waals surface area contributed by atoms with Crippen LogP contribution in [0.5, 0.6) is 6.01 Å². The summed E-state index contributed by atoms with van der Waals surface area (Å²) in [5, 5.41) is 0.576. The summed E-state index contributed by atoms with van der Waals surface area (Å²) < 4.78 is 11.5. The molecule has 3 N–H and O–H groups in total. The van der Waals surface area contributed by atoms with E-state index in [1.165, 1.54) is 0 Å². The van der Waals surface area contributed by atoms with Crippen LogP contribution in [0.3, 0.4) is 0 Å². The molecule has 2 unspecified atom stereocenters. The van der Waals surface area contributed by atoms with Crippen LogP contribution in [0.15, 0.2) is 24.3 Å². The first-order valence-corrected chi connectivity index (χ1v) is 12.1. The van der Waals surface area contributed by atoms with Crippen molar-refractivity contribution in [2.45, 2.75) is 44.8 Å². The minimum Gasteiger partial charge on any atom is -0.461 e. The van der Waals surface area contributed by atoms with Gasteiger partial charge >= 0.3 is 0 Å². The van der Waals surface area contributed by atoms with Crippen LogP contribution in [0.4, 0.5) is 0 Å². The van der Waals surface area contributed by atoms with Gasteiger partial charge in [-0.25, -0.2) is 4.98 Å². The van der Waals surface area contributed by atoms with E-state index in [-0.39, 0.29) is 17.9 Å². The number of carbonyl (C=O) groups excluding carboxylic acids is 1. The molecule has 9 heteroatoms. The molecule has 2 fully saturated rings. The number of imidazole rings is 1. The second-order valence-corrected chi connectivity index (χ2v) is 9.61. The molecule has 5 rings (SSSR count). The largest absolute Gasteiger partial charge is 0.461 e. The summed E-state index contributed by atoms with van der Waals surface area (Å²) in [7, 11) is 0. The molecule has 0 aromatic carbocycles. The van der Waals surface area contributed by atoms with Gasteiger partial charge in [-0.3, -0.25) is 9.69 Å². The number of ether oxygens (including phenoxy) is 2. The summed E-state index contributed by atoms with van der Waals surface area (Å²) in [4.78, 5) is 26.3. The number of morpholine rings is 1. The van der Waals surface area contributed by atoms with Gasteiger partial charge in [0.2, 0.25) is 5.91 Å². The van der Waals surface area contributed by atoms with E-state index in [9.17, 15) is 4.79 Å². The third-order valence-corrected chi connectivity index (χ3v) is 7.24. The van der Waals surface area contributed by atoms with Crippen LogP contribution >= 0.6 is 11.6 Å². The molecule has 0 spiro atoms. The number of amides is 1. The molecule has 176 valence electrons. The van der Waals surface area contributed by atoms with Crippen molar-refractivity contribution in [3.8, 4) is 6.01 Å². The minimum atomic E-state index is -0.222. The zero-order chi connectivity index (χ0) is 22.9. The third kappa shape index (κ3) is 4.78. The van der Waals surface area contributed by atoms with Gasteiger partial charge in [0.1, 0.15) is 6.10 Å². The molecule has 3 heterocycles. The Labute approximate surface area is 198 Å². The number of halogens is 1. The van der Waals surface area contributed by atoms with Crippen molar-refractivity contribution in [1.82, 2.24) is 19.9 Å². The van der Waals surface area contributed by atoms with Crippen LogP contribution in [-0.4, -0.2) is 64.2 Å². The van der Waals surface area contributed by atoms with Crippen molar-refractivity contribution in [2.24, 2.45) is 17.6 Å². The first kappa shape index (κ1) is 22.4. The van der Waals surface area contributed by atoms with E-state index >= 15 is 0 Å². The summed E-state index contributed by atoms with van der Waals surface area (Å²) in [6.07, 6.45) is 9.67. The maximum Gasteiger partial charge on any atom is 0.296 e. The molecule has 2 aromatic rings. The molecule has 2 aliphatic carbocycles. The van der Waals surface area contributed by atoms with Crippen LogP contribution < -0.4 is 10.5 Å². The first-order valence-electron chi connectivity index (χ1n) is 11.7. The fourth-order valence-corrected chi connectivity index (χ4v) is 5.34. The highest BCUT2D eigenvalue weighted by atomic mass is 35.5. The van der Waals surface area contributed by atoms with Gasteiger partial charge in [-0.2, -0.15) is 4.98 Å². The number of fused-ring (bicyclic) bond motifs is 1. The Morgan fingerprint density at radius 3 is 2.70 bits per heavy atom. The summed E-state index contributed by atoms with van der Waals surface area (Å²) in [5.41, 5.74) is 8.48. The molecule has 0 radical (unpaired) electrons. The molecule has 1 amide bonds. The predicted molar refractivity (Wildman–Crippen MR) is 127 cm³/mol. The van der Waals surface area contributed by atoms with Crippen molar-refractivity contribution >= 4 is 34.2 Å². The van der Waals surface area contributed by atoms with E-state index in [0.717, 1.165) is 68.8 Å². The molecule has 1 saturated heterocycles. The van der Waals surface area contributed by atoms with Crippen molar-refractivity contribution < 1.29 is 14.3 Å². The lowest BCUT2D eigenvalue weighted by Crippen LogP contribution is -2.45. The van der Waals surface area contributed by atoms with Crippen LogP contribution in [-0.2, 0) is 9.53 Å². The number of hydrogen-bond donors (Lipinski definition) is 2. The van der Waals surface area contributed by atoms with Crippen LogP contribution in [0.2, 0.25) is 5.02 Å². The number of allylic oxidation sites excluding steroid dienone is 2. The smallest absolute Gasteiger partial charge is 0.296 e. The fraction of sp³-hybridized carbons (Fsp3) is 0.542. The molecule has 2 atom stereocenters. The Bertz CT molecular complexity index is 1080. The van der Waals surface area contributed by atoms with E-state index in [1.807, 2.05) is 6.07 Å². The van der Waals surface area contributed by atoms with E-state index < -0.39 is 0 Å². The van der Waals surface area contributed by atoms with Crippen molar-refractivity contribution in [1.29, 1.82) is 0 Å². The zero-order valence-electron chi connectivity index (χ0n) is 18.8. The van der Waals surface area contributed by atoms with Gasteiger partial charge in [0.25, 0.3) is 6.01 Å². The maximum atomic E-state index is 11.4. The monoisotopic (exact) mass is 471 g/mol. The van der Waals surface area contributed by atoms with Crippen molar-refractivity contribution in [3.05, 3.63) is 35.0 Å².